The van der Waals surface area contributed by atoms with Crippen LogP contribution in [-0.4, -0.2) is 53.5 Å². The van der Waals surface area contributed by atoms with E-state index in [2.05, 4.69) is 30.6 Å². The van der Waals surface area contributed by atoms with Gasteiger partial charge in [-0.25, -0.2) is 9.97 Å². The molecule has 0 saturated carbocycles. The topological polar surface area (TPSA) is 150 Å². The van der Waals surface area contributed by atoms with Gasteiger partial charge in [-0.2, -0.15) is 0 Å². The van der Waals surface area contributed by atoms with E-state index in [-0.39, 0.29) is 22.0 Å². The van der Waals surface area contributed by atoms with Crippen LogP contribution in [0.5, 0.6) is 0 Å². The fraction of sp³-hybridized carbons (Fsp3) is 0.333. The summed E-state index contributed by atoms with van der Waals surface area (Å²) in [6, 6.07) is 10.6. The van der Waals surface area contributed by atoms with E-state index in [1.165, 1.54) is 23.5 Å². The summed E-state index contributed by atoms with van der Waals surface area (Å²) < 4.78 is 0. The second-order valence-corrected chi connectivity index (χ2v) is 10.9. The second kappa shape index (κ2) is 13.4. The molecule has 10 nitrogen and oxygen atoms in total. The number of fused-ring (bicyclic) bond motifs is 2. The summed E-state index contributed by atoms with van der Waals surface area (Å²) >= 11 is 2.43. The highest BCUT2D eigenvalue weighted by Crippen LogP contribution is 2.22. The minimum Gasteiger partial charge on any atom is -0.335 e. The van der Waals surface area contributed by atoms with Gasteiger partial charge in [0.15, 0.2) is 11.6 Å². The van der Waals surface area contributed by atoms with Gasteiger partial charge in [0.25, 0.3) is 10.2 Å². The van der Waals surface area contributed by atoms with Crippen LogP contribution >= 0.6 is 23.5 Å². The third-order valence-corrected chi connectivity index (χ3v) is 7.71. The number of nitrogens with zero attached hydrogens (tertiary/aromatic N) is 2. The van der Waals surface area contributed by atoms with Gasteiger partial charge in [-0.15, -0.1) is 0 Å². The fourth-order valence-electron chi connectivity index (χ4n) is 3.71. The number of H-pyrrole nitrogens is 2. The maximum Gasteiger partial charge on any atom is 0.254 e. The van der Waals surface area contributed by atoms with E-state index < -0.39 is 0 Å². The number of amides is 2. The van der Waals surface area contributed by atoms with Crippen molar-refractivity contribution in [1.82, 2.24) is 19.9 Å². The summed E-state index contributed by atoms with van der Waals surface area (Å²) in [6.45, 7) is 3.57. The van der Waals surface area contributed by atoms with Crippen molar-refractivity contribution in [2.75, 3.05) is 22.1 Å². The predicted octanol–water partition coefficient (Wildman–Crippen LogP) is 5.75. The number of benzene rings is 2. The van der Waals surface area contributed by atoms with E-state index in [0.29, 0.717) is 58.4 Å². The number of carbonyl (C=O) groups excluding carboxylic acids is 4. The number of aromatic nitrogens is 4. The number of hydrogen-bond acceptors (Lipinski definition) is 8. The van der Waals surface area contributed by atoms with Crippen molar-refractivity contribution in [3.8, 4) is 0 Å². The predicted molar refractivity (Wildman–Crippen MR) is 157 cm³/mol. The molecule has 4 aromatic rings. The number of unbranched alkanes of at least 4 members (excludes halogenated alkanes) is 2. The molecule has 0 unspecified atom stereocenters. The Morgan fingerprint density at radius 1 is 0.692 bits per heavy atom. The lowest BCUT2D eigenvalue weighted by atomic mass is 10.2. The average Bonchev–Trinajstić information content (AvgIpc) is 3.56. The van der Waals surface area contributed by atoms with Crippen LogP contribution in [0.25, 0.3) is 22.1 Å². The largest absolute Gasteiger partial charge is 0.335 e. The molecule has 39 heavy (non-hydrogen) atoms. The highest BCUT2D eigenvalue weighted by molar-refractivity contribution is 8.14. The number of nitrogens with one attached hydrogen (secondary N) is 4. The van der Waals surface area contributed by atoms with Crippen LogP contribution in [0.4, 0.5) is 11.4 Å². The van der Waals surface area contributed by atoms with Crippen molar-refractivity contribution in [3.63, 3.8) is 0 Å². The molecule has 4 N–H and O–H groups in total. The molecule has 0 aliphatic heterocycles. The van der Waals surface area contributed by atoms with Crippen molar-refractivity contribution in [2.24, 2.45) is 0 Å². The van der Waals surface area contributed by atoms with Crippen LogP contribution in [0, 0.1) is 0 Å². The van der Waals surface area contributed by atoms with Crippen molar-refractivity contribution >= 4 is 79.0 Å². The Bertz CT molecular complexity index is 1400. The van der Waals surface area contributed by atoms with Crippen LogP contribution in [0.1, 0.15) is 67.2 Å². The third kappa shape index (κ3) is 7.70. The van der Waals surface area contributed by atoms with Gasteiger partial charge in [-0.05, 0) is 49.2 Å². The monoisotopic (exact) mass is 566 g/mol. The van der Waals surface area contributed by atoms with Gasteiger partial charge in [0.1, 0.15) is 0 Å². The number of hydrogen-bond donors (Lipinski definition) is 4. The van der Waals surface area contributed by atoms with Crippen LogP contribution < -0.4 is 10.6 Å². The molecule has 0 aliphatic rings. The highest BCUT2D eigenvalue weighted by atomic mass is 32.2. The first-order valence-electron chi connectivity index (χ1n) is 12.8. The van der Waals surface area contributed by atoms with E-state index in [4.69, 9.17) is 0 Å². The van der Waals surface area contributed by atoms with Gasteiger partial charge in [0.05, 0.1) is 22.1 Å². The first-order chi connectivity index (χ1) is 18.9. The summed E-state index contributed by atoms with van der Waals surface area (Å²) in [6.07, 6.45) is 3.35. The second-order valence-electron chi connectivity index (χ2n) is 8.77. The Hall–Kier alpha value is -3.64. The van der Waals surface area contributed by atoms with Gasteiger partial charge in [-0.3, -0.25) is 19.2 Å². The quantitative estimate of drug-likeness (QED) is 0.158. The lowest BCUT2D eigenvalue weighted by Gasteiger charge is -2.02. The number of rotatable bonds is 12. The molecule has 0 bridgehead atoms. The molecular formula is C27H30N6O4S2. The molecule has 12 heteroatoms. The summed E-state index contributed by atoms with van der Waals surface area (Å²) in [7, 11) is 0. The van der Waals surface area contributed by atoms with Crippen LogP contribution in [-0.2, 0) is 9.59 Å². The van der Waals surface area contributed by atoms with E-state index in [1.54, 1.807) is 50.2 Å². The van der Waals surface area contributed by atoms with Gasteiger partial charge >= 0.3 is 0 Å². The number of aromatic amines is 2. The molecule has 0 aliphatic carbocycles. The Kier molecular flexibility index (Phi) is 9.77. The Labute approximate surface area is 233 Å². The third-order valence-electron chi connectivity index (χ3n) is 5.82. The highest BCUT2D eigenvalue weighted by Gasteiger charge is 2.14. The molecular weight excluding hydrogens is 536 g/mol. The van der Waals surface area contributed by atoms with Gasteiger partial charge in [0.2, 0.25) is 11.8 Å². The Morgan fingerprint density at radius 3 is 1.54 bits per heavy atom. The zero-order valence-electron chi connectivity index (χ0n) is 21.8. The molecule has 2 aromatic heterocycles. The first-order valence-corrected chi connectivity index (χ1v) is 14.8. The summed E-state index contributed by atoms with van der Waals surface area (Å²) in [4.78, 5) is 63.1. The SMILES string of the molecule is CCC(=O)Nc1ccc2[nH]c(C(=O)SCCCCCSC(=O)c3nc4cc(NC(=O)CC)ccc4[nH]3)nc2c1. The zero-order valence-corrected chi connectivity index (χ0v) is 23.4. The molecule has 0 spiro atoms. The van der Waals surface area contributed by atoms with Crippen LogP contribution in [0.2, 0.25) is 0 Å². The summed E-state index contributed by atoms with van der Waals surface area (Å²) in [5.74, 6) is 1.74. The van der Waals surface area contributed by atoms with Crippen LogP contribution in [0.15, 0.2) is 36.4 Å². The standard InChI is InChI=1S/C27H30N6O4S2/c1-3-22(34)28-16-8-10-18-20(14-16)32-24(30-18)26(36)38-12-6-5-7-13-39-27(37)25-31-19-11-9-17(15-21(19)33-25)29-23(35)4-2/h8-11,14-15H,3-7,12-13H2,1-2H3,(H,28,34)(H,29,35)(H,30,32)(H,31,33). The molecule has 2 amide bonds. The van der Waals surface area contributed by atoms with Crippen molar-refractivity contribution < 1.29 is 19.2 Å². The minimum atomic E-state index is -0.128. The van der Waals surface area contributed by atoms with Gasteiger partial charge in [0, 0.05) is 35.7 Å². The van der Waals surface area contributed by atoms with E-state index in [0.717, 1.165) is 30.3 Å². The first kappa shape index (κ1) is 28.4. The lowest BCUT2D eigenvalue weighted by molar-refractivity contribution is -0.116. The minimum absolute atomic E-state index is 0.0808. The number of anilines is 2. The number of imidazole rings is 2. The van der Waals surface area contributed by atoms with Crippen molar-refractivity contribution in [2.45, 2.75) is 46.0 Å². The van der Waals surface area contributed by atoms with Gasteiger partial charge in [-0.1, -0.05) is 43.8 Å². The molecule has 0 atom stereocenters. The molecule has 204 valence electrons. The lowest BCUT2D eigenvalue weighted by Crippen LogP contribution is -2.09. The molecule has 0 saturated heterocycles. The van der Waals surface area contributed by atoms with Gasteiger partial charge < -0.3 is 20.6 Å². The Morgan fingerprint density at radius 2 is 1.13 bits per heavy atom. The molecule has 2 heterocycles. The molecule has 0 fully saturated rings. The summed E-state index contributed by atoms with van der Waals surface area (Å²) in [5.41, 5.74) is 4.03. The number of thioether (sulfide) groups is 2. The van der Waals surface area contributed by atoms with E-state index in [9.17, 15) is 19.2 Å². The molecule has 0 radical (unpaired) electrons. The van der Waals surface area contributed by atoms with E-state index >= 15 is 0 Å². The van der Waals surface area contributed by atoms with E-state index in [1.807, 2.05) is 0 Å². The molecule has 4 rings (SSSR count). The number of carbonyl (C=O) groups is 4. The summed E-state index contributed by atoms with van der Waals surface area (Å²) in [5, 5.41) is 5.32. The molecule has 2 aromatic carbocycles. The smallest absolute Gasteiger partial charge is 0.254 e. The van der Waals surface area contributed by atoms with Crippen LogP contribution in [0.3, 0.4) is 0 Å². The maximum absolute atomic E-state index is 12.5. The maximum atomic E-state index is 12.5. The normalized spacial score (nSPS) is 11.1. The Balaban J connectivity index is 1.16. The van der Waals surface area contributed by atoms with Crippen molar-refractivity contribution in [1.29, 1.82) is 0 Å². The van der Waals surface area contributed by atoms with Crippen molar-refractivity contribution in [3.05, 3.63) is 48.0 Å². The zero-order chi connectivity index (χ0) is 27.8. The fourth-order valence-corrected chi connectivity index (χ4v) is 5.24. The average molecular weight is 567 g/mol.